The molecule has 0 spiro atoms. The average molecular weight is 345 g/mol. The van der Waals surface area contributed by atoms with Crippen LogP contribution in [0.3, 0.4) is 0 Å². The Kier molecular flexibility index (Phi) is 4.56. The van der Waals surface area contributed by atoms with Crippen molar-refractivity contribution in [3.05, 3.63) is 61.9 Å². The number of carboxylic acid groups (broad SMARTS) is 1. The number of aliphatic carboxylic acids is 1. The molecule has 3 rings (SSSR count). The van der Waals surface area contributed by atoms with Crippen LogP contribution in [0.5, 0.6) is 0 Å². The van der Waals surface area contributed by atoms with E-state index in [9.17, 15) is 14.4 Å². The van der Waals surface area contributed by atoms with E-state index < -0.39 is 17.7 Å². The second-order valence-corrected chi connectivity index (χ2v) is 6.03. The summed E-state index contributed by atoms with van der Waals surface area (Å²) in [5.74, 6) is -1.08. The van der Waals surface area contributed by atoms with Gasteiger partial charge in [-0.1, -0.05) is 12.1 Å². The van der Waals surface area contributed by atoms with E-state index >= 15 is 0 Å². The standard InChI is InChI=1S/C17H19N3O5/c1-19-14-6-7-25-9-12(14)15(21)20(17(19)24)11-4-2-10(3-5-11)8-13(18)16(22)23/h2-5,13H,6-9,18H2,1H3,(H,22,23)/t13-/m0/s1. The molecule has 2 aromatic rings. The Hall–Kier alpha value is -2.71. The van der Waals surface area contributed by atoms with Crippen molar-refractivity contribution in [2.45, 2.75) is 25.5 Å². The number of nitrogens with two attached hydrogens (primary N) is 1. The summed E-state index contributed by atoms with van der Waals surface area (Å²) in [6.45, 7) is 0.677. The monoisotopic (exact) mass is 345 g/mol. The second-order valence-electron chi connectivity index (χ2n) is 6.03. The van der Waals surface area contributed by atoms with Crippen molar-refractivity contribution in [1.29, 1.82) is 0 Å². The zero-order chi connectivity index (χ0) is 18.1. The van der Waals surface area contributed by atoms with Crippen LogP contribution in [0.15, 0.2) is 33.9 Å². The van der Waals surface area contributed by atoms with Gasteiger partial charge in [-0.3, -0.25) is 14.2 Å². The summed E-state index contributed by atoms with van der Waals surface area (Å²) >= 11 is 0. The molecule has 25 heavy (non-hydrogen) atoms. The topological polar surface area (TPSA) is 117 Å². The van der Waals surface area contributed by atoms with Crippen LogP contribution in [0, 0.1) is 0 Å². The molecule has 1 aromatic carbocycles. The van der Waals surface area contributed by atoms with Crippen LogP contribution >= 0.6 is 0 Å². The first-order chi connectivity index (χ1) is 11.9. The van der Waals surface area contributed by atoms with Gasteiger partial charge in [0.05, 0.1) is 24.5 Å². The van der Waals surface area contributed by atoms with E-state index in [-0.39, 0.29) is 18.6 Å². The van der Waals surface area contributed by atoms with E-state index in [1.807, 2.05) is 0 Å². The minimum Gasteiger partial charge on any atom is -0.480 e. The van der Waals surface area contributed by atoms with Crippen LogP contribution in [0.25, 0.3) is 5.69 Å². The second kappa shape index (κ2) is 6.66. The molecule has 1 aliphatic rings. The summed E-state index contributed by atoms with van der Waals surface area (Å²) in [4.78, 5) is 36.1. The molecule has 0 unspecified atom stereocenters. The Morgan fingerprint density at radius 3 is 2.64 bits per heavy atom. The maximum atomic E-state index is 12.7. The first-order valence-corrected chi connectivity index (χ1v) is 7.89. The molecule has 8 nitrogen and oxygen atoms in total. The number of hydrogen-bond acceptors (Lipinski definition) is 5. The molecule has 0 aliphatic carbocycles. The molecule has 1 aromatic heterocycles. The van der Waals surface area contributed by atoms with Crippen LogP contribution in [0.4, 0.5) is 0 Å². The Bertz CT molecular complexity index is 927. The average Bonchev–Trinajstić information content (AvgIpc) is 2.61. The molecule has 1 atom stereocenters. The molecule has 8 heteroatoms. The molecule has 0 saturated carbocycles. The lowest BCUT2D eigenvalue weighted by Crippen LogP contribution is -2.43. The molecule has 2 heterocycles. The minimum absolute atomic E-state index is 0.167. The number of carbonyl (C=O) groups is 1. The Morgan fingerprint density at radius 2 is 2.00 bits per heavy atom. The molecule has 0 bridgehead atoms. The largest absolute Gasteiger partial charge is 0.480 e. The van der Waals surface area contributed by atoms with Crippen molar-refractivity contribution < 1.29 is 14.6 Å². The van der Waals surface area contributed by atoms with Gasteiger partial charge in [-0.05, 0) is 24.1 Å². The maximum absolute atomic E-state index is 12.7. The van der Waals surface area contributed by atoms with E-state index in [4.69, 9.17) is 15.6 Å². The Morgan fingerprint density at radius 1 is 1.32 bits per heavy atom. The molecular formula is C17H19N3O5. The quantitative estimate of drug-likeness (QED) is 0.776. The highest BCUT2D eigenvalue weighted by Crippen LogP contribution is 2.13. The SMILES string of the molecule is Cn1c2c(c(=O)n(-c3ccc(C[C@H](N)C(=O)O)cc3)c1=O)COCC2. The van der Waals surface area contributed by atoms with Gasteiger partial charge in [0.25, 0.3) is 5.56 Å². The lowest BCUT2D eigenvalue weighted by atomic mass is 10.1. The highest BCUT2D eigenvalue weighted by Gasteiger charge is 2.21. The highest BCUT2D eigenvalue weighted by atomic mass is 16.5. The van der Waals surface area contributed by atoms with Crippen molar-refractivity contribution in [2.75, 3.05) is 6.61 Å². The fraction of sp³-hybridized carbons (Fsp3) is 0.353. The van der Waals surface area contributed by atoms with Crippen LogP contribution in [0.2, 0.25) is 0 Å². The number of carboxylic acids is 1. The lowest BCUT2D eigenvalue weighted by Gasteiger charge is -2.20. The van der Waals surface area contributed by atoms with Crippen LogP contribution < -0.4 is 17.0 Å². The van der Waals surface area contributed by atoms with E-state index in [0.717, 1.165) is 4.57 Å². The van der Waals surface area contributed by atoms with Crippen LogP contribution in [0.1, 0.15) is 16.8 Å². The van der Waals surface area contributed by atoms with Gasteiger partial charge in [0.1, 0.15) is 6.04 Å². The molecule has 0 fully saturated rings. The third-order valence-electron chi connectivity index (χ3n) is 4.39. The molecule has 1 aliphatic heterocycles. The first-order valence-electron chi connectivity index (χ1n) is 7.89. The normalized spacial score (nSPS) is 14.8. The zero-order valence-electron chi connectivity index (χ0n) is 13.8. The predicted molar refractivity (Wildman–Crippen MR) is 90.0 cm³/mol. The van der Waals surface area contributed by atoms with Crippen molar-refractivity contribution in [3.8, 4) is 5.69 Å². The molecule has 0 saturated heterocycles. The summed E-state index contributed by atoms with van der Waals surface area (Å²) in [6, 6.07) is 5.56. The molecule has 0 amide bonds. The van der Waals surface area contributed by atoms with E-state index in [2.05, 4.69) is 0 Å². The summed E-state index contributed by atoms with van der Waals surface area (Å²) in [7, 11) is 1.64. The molecule has 0 radical (unpaired) electrons. The van der Waals surface area contributed by atoms with Crippen LogP contribution in [-0.2, 0) is 36.0 Å². The highest BCUT2D eigenvalue weighted by molar-refractivity contribution is 5.73. The molecular weight excluding hydrogens is 326 g/mol. The van der Waals surface area contributed by atoms with Gasteiger partial charge in [-0.15, -0.1) is 0 Å². The summed E-state index contributed by atoms with van der Waals surface area (Å²) in [5, 5.41) is 8.87. The summed E-state index contributed by atoms with van der Waals surface area (Å²) < 4.78 is 7.93. The Balaban J connectivity index is 2.03. The number of nitrogens with zero attached hydrogens (tertiary/aromatic N) is 2. The van der Waals surface area contributed by atoms with E-state index in [1.54, 1.807) is 31.3 Å². The number of fused-ring (bicyclic) bond motifs is 1. The van der Waals surface area contributed by atoms with Crippen LogP contribution in [-0.4, -0.2) is 32.9 Å². The van der Waals surface area contributed by atoms with Gasteiger partial charge >= 0.3 is 11.7 Å². The van der Waals surface area contributed by atoms with Gasteiger partial charge in [-0.25, -0.2) is 9.36 Å². The predicted octanol–water partition coefficient (Wildman–Crippen LogP) is -0.437. The Labute approximate surface area is 143 Å². The van der Waals surface area contributed by atoms with Gasteiger partial charge in [0.15, 0.2) is 0 Å². The van der Waals surface area contributed by atoms with Gasteiger partial charge < -0.3 is 15.6 Å². The number of ether oxygens (including phenoxy) is 1. The minimum atomic E-state index is -1.08. The number of aromatic nitrogens is 2. The third kappa shape index (κ3) is 3.13. The smallest absolute Gasteiger partial charge is 0.335 e. The van der Waals surface area contributed by atoms with E-state index in [0.29, 0.717) is 35.5 Å². The fourth-order valence-electron chi connectivity index (χ4n) is 2.97. The molecule has 132 valence electrons. The lowest BCUT2D eigenvalue weighted by molar-refractivity contribution is -0.138. The zero-order valence-corrected chi connectivity index (χ0v) is 13.8. The van der Waals surface area contributed by atoms with Gasteiger partial charge in [0.2, 0.25) is 0 Å². The van der Waals surface area contributed by atoms with Crippen molar-refractivity contribution >= 4 is 5.97 Å². The fourth-order valence-corrected chi connectivity index (χ4v) is 2.97. The number of rotatable bonds is 4. The molecule has 3 N–H and O–H groups in total. The number of hydrogen-bond donors (Lipinski definition) is 2. The van der Waals surface area contributed by atoms with Gasteiger partial charge in [-0.2, -0.15) is 0 Å². The van der Waals surface area contributed by atoms with Gasteiger partial charge in [0, 0.05) is 19.2 Å². The van der Waals surface area contributed by atoms with Crippen molar-refractivity contribution in [1.82, 2.24) is 9.13 Å². The van der Waals surface area contributed by atoms with Crippen molar-refractivity contribution in [2.24, 2.45) is 12.8 Å². The van der Waals surface area contributed by atoms with E-state index in [1.165, 1.54) is 4.57 Å². The van der Waals surface area contributed by atoms with Crippen molar-refractivity contribution in [3.63, 3.8) is 0 Å². The summed E-state index contributed by atoms with van der Waals surface area (Å²) in [6.07, 6.45) is 0.698. The third-order valence-corrected chi connectivity index (χ3v) is 4.39. The first kappa shape index (κ1) is 17.1. The maximum Gasteiger partial charge on any atom is 0.335 e. The summed E-state index contributed by atoms with van der Waals surface area (Å²) in [5.41, 5.74) is 7.06. The number of benzene rings is 1.